The Morgan fingerprint density at radius 3 is 2.31 bits per heavy atom. The minimum atomic E-state index is -2.84. The Bertz CT molecular complexity index is 1800. The first-order valence-electron chi connectivity index (χ1n) is 17.0. The molecule has 1 aromatic carbocycles. The fraction of sp³-hybridized carbons (Fsp3) is 0.474. The fourth-order valence-corrected chi connectivity index (χ4v) is 28.1. The van der Waals surface area contributed by atoms with Crippen LogP contribution < -0.4 is 13.7 Å². The number of fused-ring (bicyclic) bond motifs is 4. The van der Waals surface area contributed by atoms with Crippen LogP contribution in [0.3, 0.4) is 0 Å². The van der Waals surface area contributed by atoms with E-state index in [1.54, 1.807) is 8.79 Å². The average Bonchev–Trinajstić information content (AvgIpc) is 3.81. The van der Waals surface area contributed by atoms with Crippen LogP contribution in [0.15, 0.2) is 34.7 Å². The second kappa shape index (κ2) is 12.0. The summed E-state index contributed by atoms with van der Waals surface area (Å²) in [4.78, 5) is 34.7. The molecule has 1 fully saturated rings. The number of nitrogens with zero attached hydrogens (tertiary/aromatic N) is 1. The summed E-state index contributed by atoms with van der Waals surface area (Å²) in [5.41, 5.74) is 3.71. The molecule has 3 aromatic heterocycles. The molecule has 0 N–H and O–H groups in total. The van der Waals surface area contributed by atoms with Crippen molar-refractivity contribution < 1.29 is 14.0 Å². The van der Waals surface area contributed by atoms with Crippen LogP contribution in [0.5, 0.6) is 0 Å². The van der Waals surface area contributed by atoms with Crippen molar-refractivity contribution in [1.29, 1.82) is 0 Å². The fourth-order valence-electron chi connectivity index (χ4n) is 8.58. The van der Waals surface area contributed by atoms with Crippen molar-refractivity contribution in [2.75, 3.05) is 4.90 Å². The summed E-state index contributed by atoms with van der Waals surface area (Å²) in [6.07, 6.45) is 11.9. The molecule has 4 nitrogen and oxygen atoms in total. The molecule has 1 saturated carbocycles. The van der Waals surface area contributed by atoms with Gasteiger partial charge in [0.05, 0.1) is 0 Å². The molecule has 236 valence electrons. The first-order valence-corrected chi connectivity index (χ1v) is 23.5. The van der Waals surface area contributed by atoms with E-state index in [-0.39, 0.29) is 11.8 Å². The van der Waals surface area contributed by atoms with Crippen molar-refractivity contribution >= 4 is 62.2 Å². The number of unbranched alkanes of at least 4 members (excludes halogenated alkanes) is 1. The van der Waals surface area contributed by atoms with Crippen LogP contribution in [0.2, 0.25) is 10.0 Å². The number of thiophene rings is 2. The van der Waals surface area contributed by atoms with E-state index in [4.69, 9.17) is 4.42 Å². The van der Waals surface area contributed by atoms with Crippen LogP contribution in [-0.4, -0.2) is 25.1 Å². The van der Waals surface area contributed by atoms with Gasteiger partial charge in [0.25, 0.3) is 0 Å². The maximum atomic E-state index is 14.1. The number of carbonyl (C=O) groups excluding carboxylic acids is 2. The van der Waals surface area contributed by atoms with Gasteiger partial charge in [-0.05, 0) is 0 Å². The molecule has 45 heavy (non-hydrogen) atoms. The SMILES string of the molecule is CCCCC(CC)[CH2][Ge]1([CH]2CCCCC2)[c]2cc(C)sc2-c2sc(-c3oc(C)c4c3C(=O)N(c3ccc(C)c(C)c3)C4=O)c[c]21. The van der Waals surface area contributed by atoms with E-state index in [2.05, 4.69) is 32.9 Å². The first kappa shape index (κ1) is 31.2. The minimum absolute atomic E-state index is 0.267. The Morgan fingerprint density at radius 1 is 0.889 bits per heavy atom. The number of furan rings is 1. The van der Waals surface area contributed by atoms with Gasteiger partial charge in [-0.15, -0.1) is 0 Å². The van der Waals surface area contributed by atoms with Gasteiger partial charge in [-0.1, -0.05) is 0 Å². The molecule has 4 aromatic rings. The number of amides is 2. The molecule has 2 aliphatic heterocycles. The zero-order valence-electron chi connectivity index (χ0n) is 27.6. The molecule has 7 heteroatoms. The van der Waals surface area contributed by atoms with Crippen molar-refractivity contribution in [3.63, 3.8) is 0 Å². The Kier molecular flexibility index (Phi) is 8.31. The van der Waals surface area contributed by atoms with Crippen molar-refractivity contribution in [3.8, 4) is 20.4 Å². The Labute approximate surface area is 278 Å². The van der Waals surface area contributed by atoms with Crippen LogP contribution in [0.25, 0.3) is 20.4 Å². The summed E-state index contributed by atoms with van der Waals surface area (Å²) in [5, 5.41) is 1.38. The molecule has 0 bridgehead atoms. The van der Waals surface area contributed by atoms with Crippen molar-refractivity contribution in [1.82, 2.24) is 0 Å². The molecule has 2 unspecified atom stereocenters. The quantitative estimate of drug-likeness (QED) is 0.129. The molecule has 7 rings (SSSR count). The van der Waals surface area contributed by atoms with Gasteiger partial charge < -0.3 is 0 Å². The third kappa shape index (κ3) is 4.88. The van der Waals surface area contributed by atoms with Crippen molar-refractivity contribution in [2.24, 2.45) is 5.92 Å². The molecule has 0 radical (unpaired) electrons. The molecule has 3 aliphatic rings. The van der Waals surface area contributed by atoms with E-state index >= 15 is 0 Å². The molecule has 0 saturated heterocycles. The Morgan fingerprint density at radius 2 is 1.60 bits per heavy atom. The van der Waals surface area contributed by atoms with Gasteiger partial charge >= 0.3 is 280 Å². The number of rotatable bonds is 9. The van der Waals surface area contributed by atoms with Gasteiger partial charge in [0.1, 0.15) is 0 Å². The van der Waals surface area contributed by atoms with E-state index in [0.717, 1.165) is 26.7 Å². The summed E-state index contributed by atoms with van der Waals surface area (Å²) in [6, 6.07) is 10.9. The summed E-state index contributed by atoms with van der Waals surface area (Å²) in [7, 11) is 0. The van der Waals surface area contributed by atoms with Gasteiger partial charge in [0.2, 0.25) is 0 Å². The molecule has 2 atom stereocenters. The zero-order valence-corrected chi connectivity index (χ0v) is 31.3. The molecule has 0 spiro atoms. The number of benzene rings is 1. The molecule has 2 amide bonds. The van der Waals surface area contributed by atoms with E-state index in [1.807, 2.05) is 61.6 Å². The van der Waals surface area contributed by atoms with Crippen LogP contribution >= 0.6 is 22.7 Å². The van der Waals surface area contributed by atoms with Crippen molar-refractivity contribution in [2.45, 2.75) is 109 Å². The summed E-state index contributed by atoms with van der Waals surface area (Å²) in [6.45, 7) is 12.9. The number of hydrogen-bond donors (Lipinski definition) is 0. The number of aryl methyl sites for hydroxylation is 4. The van der Waals surface area contributed by atoms with Crippen molar-refractivity contribution in [3.05, 3.63) is 63.2 Å². The monoisotopic (exact) mass is 701 g/mol. The van der Waals surface area contributed by atoms with Gasteiger partial charge in [0.15, 0.2) is 0 Å². The number of hydrogen-bond acceptors (Lipinski definition) is 5. The van der Waals surface area contributed by atoms with E-state index in [1.165, 1.54) is 82.6 Å². The number of imide groups is 1. The van der Waals surface area contributed by atoms with Gasteiger partial charge in [-0.25, -0.2) is 0 Å². The van der Waals surface area contributed by atoms with Gasteiger partial charge in [-0.3, -0.25) is 0 Å². The Hall–Kier alpha value is -2.42. The molecular formula is C38H45GeNO3S2. The van der Waals surface area contributed by atoms with E-state index in [9.17, 15) is 9.59 Å². The van der Waals surface area contributed by atoms with Crippen LogP contribution in [0.1, 0.15) is 114 Å². The molecule has 5 heterocycles. The second-order valence-electron chi connectivity index (χ2n) is 13.8. The average molecular weight is 701 g/mol. The molecular weight excluding hydrogens is 655 g/mol. The third-order valence-corrected chi connectivity index (χ3v) is 26.6. The predicted molar refractivity (Wildman–Crippen MR) is 192 cm³/mol. The van der Waals surface area contributed by atoms with E-state index < -0.39 is 13.3 Å². The summed E-state index contributed by atoms with van der Waals surface area (Å²) in [5.74, 6) is 1.35. The zero-order chi connectivity index (χ0) is 31.6. The van der Waals surface area contributed by atoms with Gasteiger partial charge in [-0.2, -0.15) is 0 Å². The summed E-state index contributed by atoms with van der Waals surface area (Å²) >= 11 is 0.947. The van der Waals surface area contributed by atoms with Crippen LogP contribution in [0.4, 0.5) is 5.69 Å². The second-order valence-corrected chi connectivity index (χ2v) is 25.0. The maximum absolute atomic E-state index is 14.1. The summed E-state index contributed by atoms with van der Waals surface area (Å²) < 4.78 is 10.6. The first-order chi connectivity index (χ1) is 21.7. The third-order valence-electron chi connectivity index (χ3n) is 11.1. The predicted octanol–water partition coefficient (Wildman–Crippen LogP) is 10.2. The van der Waals surface area contributed by atoms with Crippen LogP contribution in [0, 0.1) is 33.6 Å². The van der Waals surface area contributed by atoms with Crippen LogP contribution in [-0.2, 0) is 0 Å². The number of anilines is 1. The molecule has 1 aliphatic carbocycles. The standard InChI is InChI=1S/C38H45GeNO3S2/c1-7-9-13-26(8-2)21-39(27-14-11-10-12-15-27)29-19-24(5)44-35(29)36-30(39)20-31(45-36)34-33-32(25(6)43-34)37(41)40(38(33)42)28-17-16-22(3)23(4)18-28/h16-20,26-27H,7-15,21H2,1-6H3. The normalized spacial score (nSPS) is 20.2. The number of carbonyl (C=O) groups is 2. The van der Waals surface area contributed by atoms with E-state index in [0.29, 0.717) is 28.3 Å². The topological polar surface area (TPSA) is 50.5 Å². The van der Waals surface area contributed by atoms with Gasteiger partial charge in [0, 0.05) is 0 Å². The Balaban J connectivity index is 1.37.